The second kappa shape index (κ2) is 11.4. The van der Waals surface area contributed by atoms with Crippen LogP contribution in [0.4, 0.5) is 0 Å². The number of aromatic nitrogens is 1. The van der Waals surface area contributed by atoms with Crippen molar-refractivity contribution < 1.29 is 26.3 Å². The first kappa shape index (κ1) is 18.6. The highest BCUT2D eigenvalue weighted by atomic mass is 79.9. The van der Waals surface area contributed by atoms with E-state index in [1.807, 2.05) is 23.0 Å². The lowest BCUT2D eigenvalue weighted by Crippen LogP contribution is -3.00. The number of alkyl halides is 1. The molecule has 1 aromatic rings. The van der Waals surface area contributed by atoms with Crippen LogP contribution < -0.4 is 27.3 Å². The van der Waals surface area contributed by atoms with Crippen molar-refractivity contribution in [1.82, 2.24) is 0 Å². The van der Waals surface area contributed by atoms with E-state index in [0.717, 1.165) is 18.3 Å². The average molecular weight is 394 g/mol. The lowest BCUT2D eigenvalue weighted by Gasteiger charge is -2.00. The standard InChI is InChI=1S/C14H21BrN2O.BrH/c15-9-5-3-1-2-4-6-10-17-11-7-8-13(12-17)14(16)18;/h7-8,11-12H,1-6,9-10H2,(H-,16,18);1H. The molecule has 0 spiro atoms. The van der Waals surface area contributed by atoms with Crippen molar-refractivity contribution in [2.75, 3.05) is 5.33 Å². The van der Waals surface area contributed by atoms with Crippen molar-refractivity contribution >= 4 is 21.8 Å². The van der Waals surface area contributed by atoms with Gasteiger partial charge in [0.2, 0.25) is 0 Å². The summed E-state index contributed by atoms with van der Waals surface area (Å²) in [6, 6.07) is 3.62. The molecule has 1 rings (SSSR count). The molecule has 0 aliphatic rings. The zero-order chi connectivity index (χ0) is 13.2. The van der Waals surface area contributed by atoms with Crippen molar-refractivity contribution in [3.63, 3.8) is 0 Å². The molecule has 108 valence electrons. The Labute approximate surface area is 134 Å². The largest absolute Gasteiger partial charge is 1.00 e. The van der Waals surface area contributed by atoms with Crippen LogP contribution in [0.5, 0.6) is 0 Å². The fourth-order valence-corrected chi connectivity index (χ4v) is 2.30. The van der Waals surface area contributed by atoms with E-state index in [1.54, 1.807) is 6.07 Å². The molecule has 5 heteroatoms. The maximum atomic E-state index is 11.0. The summed E-state index contributed by atoms with van der Waals surface area (Å²) in [5.74, 6) is -0.362. The van der Waals surface area contributed by atoms with Gasteiger partial charge in [-0.1, -0.05) is 35.2 Å². The molecule has 0 unspecified atom stereocenters. The molecule has 0 saturated carbocycles. The topological polar surface area (TPSA) is 47.0 Å². The number of carbonyl (C=O) groups excluding carboxylic acids is 1. The van der Waals surface area contributed by atoms with Crippen molar-refractivity contribution in [1.29, 1.82) is 0 Å². The predicted octanol–water partition coefficient (Wildman–Crippen LogP) is -0.187. The Hall–Kier alpha value is -0.420. The maximum absolute atomic E-state index is 11.0. The number of hydrogen-bond donors (Lipinski definition) is 1. The van der Waals surface area contributed by atoms with Crippen LogP contribution in [-0.4, -0.2) is 11.2 Å². The summed E-state index contributed by atoms with van der Waals surface area (Å²) < 4.78 is 2.04. The van der Waals surface area contributed by atoms with Crippen LogP contribution in [0.3, 0.4) is 0 Å². The second-order valence-electron chi connectivity index (χ2n) is 4.51. The van der Waals surface area contributed by atoms with Gasteiger partial charge in [-0.05, 0) is 18.9 Å². The molecule has 0 aliphatic heterocycles. The molecule has 0 radical (unpaired) electrons. The minimum Gasteiger partial charge on any atom is -1.00 e. The number of pyridine rings is 1. The molecule has 0 aromatic carbocycles. The fraction of sp³-hybridized carbons (Fsp3) is 0.571. The maximum Gasteiger partial charge on any atom is 0.254 e. The Bertz CT molecular complexity index is 372. The number of unbranched alkanes of at least 4 members (excludes halogenated alkanes) is 5. The molecular weight excluding hydrogens is 372 g/mol. The van der Waals surface area contributed by atoms with Crippen LogP contribution in [0.25, 0.3) is 0 Å². The third kappa shape index (κ3) is 8.37. The van der Waals surface area contributed by atoms with E-state index in [9.17, 15) is 4.79 Å². The molecule has 0 fully saturated rings. The summed E-state index contributed by atoms with van der Waals surface area (Å²) >= 11 is 3.44. The highest BCUT2D eigenvalue weighted by Gasteiger charge is 2.06. The van der Waals surface area contributed by atoms with Crippen LogP contribution in [0, 0.1) is 0 Å². The number of primary amides is 1. The van der Waals surface area contributed by atoms with Crippen LogP contribution in [0.1, 0.15) is 48.9 Å². The Balaban J connectivity index is 0.00000324. The number of rotatable bonds is 9. The summed E-state index contributed by atoms with van der Waals surface area (Å²) in [6.45, 7) is 0.958. The van der Waals surface area contributed by atoms with Gasteiger partial charge in [-0.15, -0.1) is 0 Å². The van der Waals surface area contributed by atoms with Crippen molar-refractivity contribution in [2.24, 2.45) is 5.73 Å². The van der Waals surface area contributed by atoms with Gasteiger partial charge in [-0.3, -0.25) is 4.79 Å². The highest BCUT2D eigenvalue weighted by Crippen LogP contribution is 2.06. The molecule has 2 N–H and O–H groups in total. The summed E-state index contributed by atoms with van der Waals surface area (Å²) in [5, 5.41) is 1.11. The summed E-state index contributed by atoms with van der Waals surface area (Å²) in [5.41, 5.74) is 5.83. The number of amides is 1. The summed E-state index contributed by atoms with van der Waals surface area (Å²) in [6.07, 6.45) is 11.4. The molecule has 1 amide bonds. The van der Waals surface area contributed by atoms with E-state index in [-0.39, 0.29) is 22.9 Å². The smallest absolute Gasteiger partial charge is 0.254 e. The van der Waals surface area contributed by atoms with Crippen LogP contribution in [0.15, 0.2) is 24.5 Å². The highest BCUT2D eigenvalue weighted by molar-refractivity contribution is 9.09. The number of nitrogens with two attached hydrogens (primary N) is 1. The van der Waals surface area contributed by atoms with E-state index in [2.05, 4.69) is 15.9 Å². The van der Waals surface area contributed by atoms with Gasteiger partial charge < -0.3 is 22.7 Å². The Morgan fingerprint density at radius 1 is 1.16 bits per heavy atom. The Kier molecular flexibility index (Phi) is 11.2. The monoisotopic (exact) mass is 392 g/mol. The molecule has 1 aromatic heterocycles. The normalized spacial score (nSPS) is 9.95. The van der Waals surface area contributed by atoms with E-state index < -0.39 is 0 Å². The second-order valence-corrected chi connectivity index (χ2v) is 5.30. The molecular formula is C14H22Br2N2O. The van der Waals surface area contributed by atoms with Gasteiger partial charge in [0, 0.05) is 17.8 Å². The van der Waals surface area contributed by atoms with Gasteiger partial charge in [0.25, 0.3) is 5.91 Å². The summed E-state index contributed by atoms with van der Waals surface area (Å²) in [7, 11) is 0. The minimum atomic E-state index is -0.362. The number of nitrogens with zero attached hydrogens (tertiary/aromatic N) is 1. The number of halogens is 2. The zero-order valence-corrected chi connectivity index (χ0v) is 14.3. The van der Waals surface area contributed by atoms with Gasteiger partial charge in [-0.2, -0.15) is 0 Å². The number of aryl methyl sites for hydroxylation is 1. The SMILES string of the molecule is NC(=O)c1ccc[n+](CCCCCCCCBr)c1.[Br-]. The van der Waals surface area contributed by atoms with Gasteiger partial charge >= 0.3 is 0 Å². The zero-order valence-electron chi connectivity index (χ0n) is 11.2. The molecule has 0 bridgehead atoms. The molecule has 0 atom stereocenters. The first-order chi connectivity index (χ1) is 8.74. The van der Waals surface area contributed by atoms with E-state index in [1.165, 1.54) is 32.1 Å². The molecule has 1 heterocycles. The van der Waals surface area contributed by atoms with E-state index >= 15 is 0 Å². The third-order valence-corrected chi connectivity index (χ3v) is 3.50. The van der Waals surface area contributed by atoms with E-state index in [0.29, 0.717) is 5.56 Å². The number of carbonyl (C=O) groups is 1. The lowest BCUT2D eigenvalue weighted by molar-refractivity contribution is -0.697. The van der Waals surface area contributed by atoms with Crippen molar-refractivity contribution in [2.45, 2.75) is 45.1 Å². The average Bonchev–Trinajstić information content (AvgIpc) is 2.38. The predicted molar refractivity (Wildman–Crippen MR) is 76.7 cm³/mol. The quantitative estimate of drug-likeness (QED) is 0.353. The van der Waals surface area contributed by atoms with Crippen LogP contribution in [0.2, 0.25) is 0 Å². The molecule has 19 heavy (non-hydrogen) atoms. The third-order valence-electron chi connectivity index (χ3n) is 2.94. The molecule has 0 aliphatic carbocycles. The summed E-state index contributed by atoms with van der Waals surface area (Å²) in [4.78, 5) is 11.0. The Morgan fingerprint density at radius 2 is 1.79 bits per heavy atom. The lowest BCUT2D eigenvalue weighted by atomic mass is 10.1. The van der Waals surface area contributed by atoms with Crippen LogP contribution in [-0.2, 0) is 6.54 Å². The molecule has 0 saturated heterocycles. The van der Waals surface area contributed by atoms with Gasteiger partial charge in [0.1, 0.15) is 12.1 Å². The van der Waals surface area contributed by atoms with E-state index in [4.69, 9.17) is 5.73 Å². The first-order valence-corrected chi connectivity index (χ1v) is 7.71. The first-order valence-electron chi connectivity index (χ1n) is 6.59. The van der Waals surface area contributed by atoms with Crippen molar-refractivity contribution in [3.05, 3.63) is 30.1 Å². The van der Waals surface area contributed by atoms with Gasteiger partial charge in [0.15, 0.2) is 12.4 Å². The molecule has 3 nitrogen and oxygen atoms in total. The van der Waals surface area contributed by atoms with Crippen LogP contribution >= 0.6 is 15.9 Å². The van der Waals surface area contributed by atoms with Gasteiger partial charge in [0.05, 0.1) is 0 Å². The Morgan fingerprint density at radius 3 is 2.42 bits per heavy atom. The minimum absolute atomic E-state index is 0. The van der Waals surface area contributed by atoms with Crippen molar-refractivity contribution in [3.8, 4) is 0 Å². The van der Waals surface area contributed by atoms with Gasteiger partial charge in [-0.25, -0.2) is 4.57 Å². The fourth-order valence-electron chi connectivity index (χ4n) is 1.90. The number of hydrogen-bond acceptors (Lipinski definition) is 1.